The Hall–Kier alpha value is -0.300. The molecule has 1 heteroatoms. The summed E-state index contributed by atoms with van der Waals surface area (Å²) in [5.74, 6) is 0. The van der Waals surface area contributed by atoms with E-state index in [1.54, 1.807) is 0 Å². The van der Waals surface area contributed by atoms with Gasteiger partial charge >= 0.3 is 0 Å². The second-order valence-corrected chi connectivity index (χ2v) is 4.05. The Labute approximate surface area is 90.0 Å². The van der Waals surface area contributed by atoms with Gasteiger partial charge in [-0.2, -0.15) is 0 Å². The lowest BCUT2D eigenvalue weighted by molar-refractivity contribution is 0.449. The Morgan fingerprint density at radius 3 is 2.43 bits per heavy atom. The Balaban J connectivity index is 3.28. The first-order chi connectivity index (χ1) is 6.85. The van der Waals surface area contributed by atoms with E-state index < -0.39 is 0 Å². The second kappa shape index (κ2) is 10.8. The molecule has 0 saturated carbocycles. The molecule has 0 aromatic carbocycles. The third kappa shape index (κ3) is 8.31. The molecule has 0 aliphatic carbocycles. The number of unbranched alkanes of at least 4 members (excludes halogenated alkanes) is 4. The normalized spacial score (nSPS) is 12.7. The van der Waals surface area contributed by atoms with Crippen molar-refractivity contribution in [3.05, 3.63) is 12.7 Å². The first-order valence-corrected chi connectivity index (χ1v) is 6.13. The first-order valence-electron chi connectivity index (χ1n) is 6.13. The summed E-state index contributed by atoms with van der Waals surface area (Å²) in [5.41, 5.74) is 0. The molecule has 14 heavy (non-hydrogen) atoms. The molecular formula is C13H27N. The van der Waals surface area contributed by atoms with Crippen LogP contribution in [0.3, 0.4) is 0 Å². The van der Waals surface area contributed by atoms with Crippen molar-refractivity contribution >= 4 is 0 Å². The van der Waals surface area contributed by atoms with Crippen LogP contribution >= 0.6 is 0 Å². The zero-order chi connectivity index (χ0) is 10.6. The molecule has 0 bridgehead atoms. The summed E-state index contributed by atoms with van der Waals surface area (Å²) >= 11 is 0. The standard InChI is InChI=1S/C13H27N/c1-4-6-8-9-10-12-13(14-3)11-7-5-2/h4,13-14H,1,5-12H2,2-3H3. The van der Waals surface area contributed by atoms with Crippen LogP contribution in [0, 0.1) is 0 Å². The molecule has 0 spiro atoms. The summed E-state index contributed by atoms with van der Waals surface area (Å²) in [4.78, 5) is 0. The van der Waals surface area contributed by atoms with E-state index in [0.717, 1.165) is 6.04 Å². The molecule has 0 radical (unpaired) electrons. The van der Waals surface area contributed by atoms with E-state index in [2.05, 4.69) is 25.9 Å². The lowest BCUT2D eigenvalue weighted by Gasteiger charge is -2.15. The van der Waals surface area contributed by atoms with Crippen LogP contribution in [0.15, 0.2) is 12.7 Å². The van der Waals surface area contributed by atoms with Crippen molar-refractivity contribution in [2.45, 2.75) is 64.3 Å². The molecule has 84 valence electrons. The van der Waals surface area contributed by atoms with Gasteiger partial charge in [-0.25, -0.2) is 0 Å². The lowest BCUT2D eigenvalue weighted by Crippen LogP contribution is -2.24. The second-order valence-electron chi connectivity index (χ2n) is 4.05. The van der Waals surface area contributed by atoms with E-state index in [9.17, 15) is 0 Å². The molecule has 1 nitrogen and oxygen atoms in total. The van der Waals surface area contributed by atoms with Gasteiger partial charge in [0.05, 0.1) is 0 Å². The third-order valence-electron chi connectivity index (χ3n) is 2.78. The molecule has 1 unspecified atom stereocenters. The van der Waals surface area contributed by atoms with E-state index in [1.807, 2.05) is 6.08 Å². The molecular weight excluding hydrogens is 170 g/mol. The monoisotopic (exact) mass is 197 g/mol. The largest absolute Gasteiger partial charge is 0.317 e. The fraction of sp³-hybridized carbons (Fsp3) is 0.846. The average Bonchev–Trinajstić information content (AvgIpc) is 2.22. The predicted octanol–water partition coefficient (Wildman–Crippen LogP) is 3.90. The molecule has 0 fully saturated rings. The molecule has 0 aliphatic rings. The van der Waals surface area contributed by atoms with E-state index in [1.165, 1.54) is 51.4 Å². The van der Waals surface area contributed by atoms with Gasteiger partial charge in [-0.15, -0.1) is 6.58 Å². The minimum Gasteiger partial charge on any atom is -0.317 e. The maximum atomic E-state index is 3.74. The quantitative estimate of drug-likeness (QED) is 0.414. The van der Waals surface area contributed by atoms with Gasteiger partial charge in [-0.1, -0.05) is 38.7 Å². The van der Waals surface area contributed by atoms with Gasteiger partial charge in [0.15, 0.2) is 0 Å². The van der Waals surface area contributed by atoms with Crippen LogP contribution in [-0.2, 0) is 0 Å². The SMILES string of the molecule is C=CCCCCCC(CCCC)NC. The number of hydrogen-bond donors (Lipinski definition) is 1. The minimum absolute atomic E-state index is 0.749. The highest BCUT2D eigenvalue weighted by atomic mass is 14.9. The van der Waals surface area contributed by atoms with Gasteiger partial charge in [0.25, 0.3) is 0 Å². The number of hydrogen-bond acceptors (Lipinski definition) is 1. The maximum Gasteiger partial charge on any atom is 0.00640 e. The molecule has 1 atom stereocenters. The minimum atomic E-state index is 0.749. The van der Waals surface area contributed by atoms with Crippen LogP contribution in [-0.4, -0.2) is 13.1 Å². The molecule has 0 aromatic heterocycles. The molecule has 0 rings (SSSR count). The highest BCUT2D eigenvalue weighted by Crippen LogP contribution is 2.10. The van der Waals surface area contributed by atoms with E-state index in [-0.39, 0.29) is 0 Å². The van der Waals surface area contributed by atoms with Crippen LogP contribution in [0.5, 0.6) is 0 Å². The first kappa shape index (κ1) is 13.7. The smallest absolute Gasteiger partial charge is 0.00640 e. The Kier molecular flexibility index (Phi) is 10.5. The van der Waals surface area contributed by atoms with Crippen LogP contribution in [0.25, 0.3) is 0 Å². The van der Waals surface area contributed by atoms with Crippen molar-refractivity contribution in [3.63, 3.8) is 0 Å². The fourth-order valence-electron chi connectivity index (χ4n) is 1.74. The molecule has 0 amide bonds. The van der Waals surface area contributed by atoms with E-state index in [0.29, 0.717) is 0 Å². The summed E-state index contributed by atoms with van der Waals surface area (Å²) < 4.78 is 0. The van der Waals surface area contributed by atoms with Gasteiger partial charge < -0.3 is 5.32 Å². The van der Waals surface area contributed by atoms with Gasteiger partial charge in [-0.3, -0.25) is 0 Å². The van der Waals surface area contributed by atoms with Gasteiger partial charge in [0.2, 0.25) is 0 Å². The Bertz CT molecular complexity index is 120. The van der Waals surface area contributed by atoms with E-state index in [4.69, 9.17) is 0 Å². The summed E-state index contributed by atoms with van der Waals surface area (Å²) in [7, 11) is 2.09. The zero-order valence-electron chi connectivity index (χ0n) is 10.0. The van der Waals surface area contributed by atoms with Crippen molar-refractivity contribution in [1.29, 1.82) is 0 Å². The molecule has 0 saturated heterocycles. The summed E-state index contributed by atoms with van der Waals surface area (Å²) in [6.07, 6.45) is 12.6. The van der Waals surface area contributed by atoms with E-state index >= 15 is 0 Å². The van der Waals surface area contributed by atoms with Gasteiger partial charge in [0, 0.05) is 6.04 Å². The molecule has 0 heterocycles. The zero-order valence-corrected chi connectivity index (χ0v) is 10.0. The van der Waals surface area contributed by atoms with Crippen molar-refractivity contribution in [3.8, 4) is 0 Å². The third-order valence-corrected chi connectivity index (χ3v) is 2.78. The Morgan fingerprint density at radius 1 is 1.14 bits per heavy atom. The summed E-state index contributed by atoms with van der Waals surface area (Å²) in [6.45, 7) is 6.00. The van der Waals surface area contributed by atoms with Crippen LogP contribution in [0.2, 0.25) is 0 Å². The lowest BCUT2D eigenvalue weighted by atomic mass is 10.0. The van der Waals surface area contributed by atoms with Crippen molar-refractivity contribution in [2.75, 3.05) is 7.05 Å². The number of allylic oxidation sites excluding steroid dienone is 1. The molecule has 0 aromatic rings. The number of nitrogens with one attached hydrogen (secondary N) is 1. The van der Waals surface area contributed by atoms with Crippen LogP contribution in [0.1, 0.15) is 58.3 Å². The predicted molar refractivity (Wildman–Crippen MR) is 65.7 cm³/mol. The van der Waals surface area contributed by atoms with Crippen molar-refractivity contribution in [1.82, 2.24) is 5.32 Å². The van der Waals surface area contributed by atoms with Gasteiger partial charge in [0.1, 0.15) is 0 Å². The van der Waals surface area contributed by atoms with Crippen LogP contribution in [0.4, 0.5) is 0 Å². The van der Waals surface area contributed by atoms with Crippen molar-refractivity contribution < 1.29 is 0 Å². The van der Waals surface area contributed by atoms with Crippen molar-refractivity contribution in [2.24, 2.45) is 0 Å². The summed E-state index contributed by atoms with van der Waals surface area (Å²) in [6, 6.07) is 0.749. The van der Waals surface area contributed by atoms with Gasteiger partial charge in [-0.05, 0) is 32.7 Å². The number of rotatable bonds is 10. The molecule has 1 N–H and O–H groups in total. The maximum absolute atomic E-state index is 3.74. The molecule has 0 aliphatic heterocycles. The highest BCUT2D eigenvalue weighted by molar-refractivity contribution is 4.67. The topological polar surface area (TPSA) is 12.0 Å². The fourth-order valence-corrected chi connectivity index (χ4v) is 1.74. The summed E-state index contributed by atoms with van der Waals surface area (Å²) in [5, 5.41) is 3.41. The highest BCUT2D eigenvalue weighted by Gasteiger charge is 2.03. The average molecular weight is 197 g/mol. The van der Waals surface area contributed by atoms with Crippen LogP contribution < -0.4 is 5.32 Å². The Morgan fingerprint density at radius 2 is 1.86 bits per heavy atom.